The summed E-state index contributed by atoms with van der Waals surface area (Å²) in [5.41, 5.74) is -2.13. The van der Waals surface area contributed by atoms with Crippen LogP contribution in [0.3, 0.4) is 0 Å². The highest BCUT2D eigenvalue weighted by Gasteiger charge is 2.51. The second-order valence-electron chi connectivity index (χ2n) is 6.03. The van der Waals surface area contributed by atoms with E-state index in [1.807, 2.05) is 0 Å². The van der Waals surface area contributed by atoms with Gasteiger partial charge in [0.2, 0.25) is 0 Å². The van der Waals surface area contributed by atoms with E-state index in [2.05, 4.69) is 20.9 Å². The lowest BCUT2D eigenvalue weighted by Crippen LogP contribution is -2.54. The van der Waals surface area contributed by atoms with Gasteiger partial charge < -0.3 is 19.9 Å². The van der Waals surface area contributed by atoms with Crippen LogP contribution in [-0.2, 0) is 22.1 Å². The second-order valence-corrected chi connectivity index (χ2v) is 6.03. The number of urea groups is 1. The van der Waals surface area contributed by atoms with Crippen LogP contribution in [-0.4, -0.2) is 39.7 Å². The van der Waals surface area contributed by atoms with Crippen LogP contribution in [0.15, 0.2) is 12.4 Å². The Balaban J connectivity index is 2.21. The number of carbonyl (C=O) groups is 3. The number of rotatable bonds is 3. The minimum Gasteiger partial charge on any atom is -0.444 e. The lowest BCUT2D eigenvalue weighted by Gasteiger charge is -2.27. The van der Waals surface area contributed by atoms with E-state index in [-0.39, 0.29) is 6.54 Å². The van der Waals surface area contributed by atoms with Gasteiger partial charge in [-0.2, -0.15) is 0 Å². The molecular formula is C13H19N5O4. The van der Waals surface area contributed by atoms with E-state index in [0.717, 1.165) is 0 Å². The molecule has 1 unspecified atom stereocenters. The standard InChI is InChI=1S/C13H19N5O4/c1-12(2,3)22-11(21)15-7-13(8-14-5-6-18(8)4)9(19)16-10(20)17-13/h5-6H,7H2,1-4H3,(H,15,21)(H2,16,17,19,20). The van der Waals surface area contributed by atoms with Crippen LogP contribution in [0, 0.1) is 0 Å². The minimum atomic E-state index is -1.47. The highest BCUT2D eigenvalue weighted by atomic mass is 16.6. The number of hydrogen-bond donors (Lipinski definition) is 3. The summed E-state index contributed by atoms with van der Waals surface area (Å²) in [7, 11) is 1.69. The molecule has 1 aliphatic heterocycles. The summed E-state index contributed by atoms with van der Waals surface area (Å²) >= 11 is 0. The van der Waals surface area contributed by atoms with Crippen molar-refractivity contribution < 1.29 is 19.1 Å². The van der Waals surface area contributed by atoms with Crippen LogP contribution in [0.25, 0.3) is 0 Å². The number of imide groups is 1. The first-order valence-corrected chi connectivity index (χ1v) is 6.72. The molecule has 0 aromatic carbocycles. The Morgan fingerprint density at radius 1 is 1.45 bits per heavy atom. The van der Waals surface area contributed by atoms with Crippen LogP contribution in [0.4, 0.5) is 9.59 Å². The highest BCUT2D eigenvalue weighted by molar-refractivity contribution is 6.07. The Morgan fingerprint density at radius 3 is 2.59 bits per heavy atom. The third kappa shape index (κ3) is 3.02. The summed E-state index contributed by atoms with van der Waals surface area (Å²) in [5.74, 6) is -0.269. The molecule has 1 aromatic heterocycles. The average Bonchev–Trinajstić information content (AvgIpc) is 2.89. The van der Waals surface area contributed by atoms with Gasteiger partial charge in [-0.15, -0.1) is 0 Å². The largest absolute Gasteiger partial charge is 0.444 e. The monoisotopic (exact) mass is 309 g/mol. The fourth-order valence-corrected chi connectivity index (χ4v) is 2.15. The van der Waals surface area contributed by atoms with E-state index in [0.29, 0.717) is 5.82 Å². The first-order chi connectivity index (χ1) is 10.1. The number of nitrogens with zero attached hydrogens (tertiary/aromatic N) is 2. The molecule has 0 saturated carbocycles. The third-order valence-corrected chi connectivity index (χ3v) is 3.04. The Bertz CT molecular complexity index is 618. The summed E-state index contributed by atoms with van der Waals surface area (Å²) in [6.45, 7) is 5.01. The van der Waals surface area contributed by atoms with Crippen LogP contribution in [0.1, 0.15) is 26.6 Å². The van der Waals surface area contributed by atoms with Gasteiger partial charge in [-0.25, -0.2) is 14.6 Å². The number of aryl methyl sites for hydroxylation is 1. The van der Waals surface area contributed by atoms with Crippen molar-refractivity contribution in [1.29, 1.82) is 0 Å². The molecule has 9 nitrogen and oxygen atoms in total. The summed E-state index contributed by atoms with van der Waals surface area (Å²) < 4.78 is 6.73. The fraction of sp³-hybridized carbons (Fsp3) is 0.538. The molecule has 1 atom stereocenters. The zero-order valence-electron chi connectivity index (χ0n) is 12.9. The number of ether oxygens (including phenoxy) is 1. The van der Waals surface area contributed by atoms with Crippen molar-refractivity contribution in [3.8, 4) is 0 Å². The molecule has 0 radical (unpaired) electrons. The molecular weight excluding hydrogens is 290 g/mol. The normalized spacial score (nSPS) is 21.3. The van der Waals surface area contributed by atoms with Crippen molar-refractivity contribution in [2.75, 3.05) is 6.54 Å². The predicted octanol–water partition coefficient (Wildman–Crippen LogP) is -0.0205. The lowest BCUT2D eigenvalue weighted by atomic mass is 9.98. The molecule has 2 rings (SSSR count). The molecule has 4 amide bonds. The topological polar surface area (TPSA) is 114 Å². The molecule has 0 bridgehead atoms. The molecule has 9 heteroatoms. The van der Waals surface area contributed by atoms with Crippen molar-refractivity contribution in [2.45, 2.75) is 31.9 Å². The molecule has 1 aliphatic rings. The minimum absolute atomic E-state index is 0.176. The highest BCUT2D eigenvalue weighted by Crippen LogP contribution is 2.22. The Kier molecular flexibility index (Phi) is 3.82. The van der Waals surface area contributed by atoms with Crippen molar-refractivity contribution >= 4 is 18.0 Å². The quantitative estimate of drug-likeness (QED) is 0.679. The number of alkyl carbamates (subject to hydrolysis) is 1. The Morgan fingerprint density at radius 2 is 2.14 bits per heavy atom. The van der Waals surface area contributed by atoms with Crippen molar-refractivity contribution in [2.24, 2.45) is 7.05 Å². The summed E-state index contributed by atoms with van der Waals surface area (Å²) in [4.78, 5) is 39.6. The summed E-state index contributed by atoms with van der Waals surface area (Å²) in [6, 6.07) is -0.640. The van der Waals surface area contributed by atoms with Crippen LogP contribution >= 0.6 is 0 Å². The number of aromatic nitrogens is 2. The molecule has 0 spiro atoms. The van der Waals surface area contributed by atoms with Gasteiger partial charge in [0.25, 0.3) is 5.91 Å². The molecule has 1 aromatic rings. The van der Waals surface area contributed by atoms with E-state index in [1.165, 1.54) is 6.20 Å². The maximum atomic E-state index is 12.2. The van der Waals surface area contributed by atoms with Crippen molar-refractivity contribution in [1.82, 2.24) is 25.5 Å². The van der Waals surface area contributed by atoms with Gasteiger partial charge in [-0.3, -0.25) is 10.1 Å². The SMILES string of the molecule is Cn1ccnc1C1(CNC(=O)OC(C)(C)C)NC(=O)NC1=O. The van der Waals surface area contributed by atoms with E-state index in [1.54, 1.807) is 38.6 Å². The summed E-state index contributed by atoms with van der Waals surface area (Å²) in [6.07, 6.45) is 2.46. The third-order valence-electron chi connectivity index (χ3n) is 3.04. The van der Waals surface area contributed by atoms with Crippen LogP contribution < -0.4 is 16.0 Å². The van der Waals surface area contributed by atoms with Crippen molar-refractivity contribution in [3.63, 3.8) is 0 Å². The maximum absolute atomic E-state index is 12.2. The number of carbonyl (C=O) groups excluding carboxylic acids is 3. The smallest absolute Gasteiger partial charge is 0.407 e. The van der Waals surface area contributed by atoms with Crippen LogP contribution in [0.5, 0.6) is 0 Å². The lowest BCUT2D eigenvalue weighted by molar-refractivity contribution is -0.124. The number of amides is 4. The van der Waals surface area contributed by atoms with Crippen molar-refractivity contribution in [3.05, 3.63) is 18.2 Å². The van der Waals surface area contributed by atoms with E-state index in [9.17, 15) is 14.4 Å². The number of hydrogen-bond acceptors (Lipinski definition) is 5. The first-order valence-electron chi connectivity index (χ1n) is 6.72. The van der Waals surface area contributed by atoms with Gasteiger partial charge >= 0.3 is 12.1 Å². The van der Waals surface area contributed by atoms with E-state index in [4.69, 9.17) is 4.74 Å². The van der Waals surface area contributed by atoms with Gasteiger partial charge in [0.05, 0.1) is 6.54 Å². The summed E-state index contributed by atoms with van der Waals surface area (Å²) in [5, 5.41) is 7.18. The molecule has 22 heavy (non-hydrogen) atoms. The van der Waals surface area contributed by atoms with Gasteiger partial charge in [0, 0.05) is 19.4 Å². The van der Waals surface area contributed by atoms with Gasteiger partial charge in [-0.05, 0) is 20.8 Å². The molecule has 2 heterocycles. The average molecular weight is 309 g/mol. The van der Waals surface area contributed by atoms with Gasteiger partial charge in [0.1, 0.15) is 11.4 Å². The number of nitrogens with one attached hydrogen (secondary N) is 3. The molecule has 120 valence electrons. The second kappa shape index (κ2) is 5.32. The molecule has 0 aliphatic carbocycles. The Hall–Kier alpha value is -2.58. The van der Waals surface area contributed by atoms with E-state index < -0.39 is 29.2 Å². The zero-order chi connectivity index (χ0) is 16.5. The molecule has 3 N–H and O–H groups in total. The molecule has 1 fully saturated rings. The van der Waals surface area contributed by atoms with E-state index >= 15 is 0 Å². The van der Waals surface area contributed by atoms with Crippen LogP contribution in [0.2, 0.25) is 0 Å². The molecule has 1 saturated heterocycles. The first kappa shape index (κ1) is 15.8. The Labute approximate surface area is 127 Å². The predicted molar refractivity (Wildman–Crippen MR) is 75.8 cm³/mol. The fourth-order valence-electron chi connectivity index (χ4n) is 2.15. The van der Waals surface area contributed by atoms with Gasteiger partial charge in [-0.1, -0.05) is 0 Å². The number of imidazole rings is 1. The van der Waals surface area contributed by atoms with Gasteiger partial charge in [0.15, 0.2) is 5.54 Å². The maximum Gasteiger partial charge on any atom is 0.407 e. The zero-order valence-corrected chi connectivity index (χ0v) is 12.9.